The molecule has 0 unspecified atom stereocenters. The van der Waals surface area contributed by atoms with Crippen LogP contribution in [0.25, 0.3) is 0 Å². The van der Waals surface area contributed by atoms with Gasteiger partial charge in [-0.3, -0.25) is 4.90 Å². The van der Waals surface area contributed by atoms with Crippen molar-refractivity contribution in [1.82, 2.24) is 4.90 Å². The number of unbranched alkanes of at least 4 members (excludes halogenated alkanes) is 1. The number of benzene rings is 3. The minimum absolute atomic E-state index is 0.241. The molecular formula is C31H37NO5. The second kappa shape index (κ2) is 12.2. The zero-order chi connectivity index (χ0) is 26.3. The van der Waals surface area contributed by atoms with Crippen molar-refractivity contribution in [2.45, 2.75) is 57.4 Å². The van der Waals surface area contributed by atoms with Crippen molar-refractivity contribution in [2.75, 3.05) is 20.8 Å². The van der Waals surface area contributed by atoms with Gasteiger partial charge in [-0.15, -0.1) is 0 Å². The van der Waals surface area contributed by atoms with Gasteiger partial charge in [0, 0.05) is 18.2 Å². The maximum atomic E-state index is 13.4. The van der Waals surface area contributed by atoms with Crippen LogP contribution in [0.3, 0.4) is 0 Å². The van der Waals surface area contributed by atoms with E-state index < -0.39 is 5.60 Å². The number of amides is 1. The van der Waals surface area contributed by atoms with Crippen LogP contribution in [0, 0.1) is 0 Å². The summed E-state index contributed by atoms with van der Waals surface area (Å²) in [6.45, 7) is 5.20. The number of hydrogen-bond acceptors (Lipinski definition) is 5. The molecule has 1 amide bonds. The van der Waals surface area contributed by atoms with Crippen LogP contribution in [-0.2, 0) is 16.1 Å². The SMILES string of the molecule is COc1ccc([C@H](CCCCOCc2ccccc2)N2C(=O)OC(C)(C)[C@H]2c2ccccc2)c(OC)c1. The summed E-state index contributed by atoms with van der Waals surface area (Å²) in [6, 6.07) is 25.6. The van der Waals surface area contributed by atoms with E-state index in [1.807, 2.05) is 73.3 Å². The van der Waals surface area contributed by atoms with Crippen LogP contribution >= 0.6 is 0 Å². The largest absolute Gasteiger partial charge is 0.497 e. The Morgan fingerprint density at radius 3 is 2.30 bits per heavy atom. The van der Waals surface area contributed by atoms with Gasteiger partial charge >= 0.3 is 6.09 Å². The molecule has 0 spiro atoms. The monoisotopic (exact) mass is 503 g/mol. The summed E-state index contributed by atoms with van der Waals surface area (Å²) in [7, 11) is 3.28. The summed E-state index contributed by atoms with van der Waals surface area (Å²) >= 11 is 0. The van der Waals surface area contributed by atoms with Gasteiger partial charge in [0.05, 0.1) is 26.9 Å². The van der Waals surface area contributed by atoms with Crippen molar-refractivity contribution in [3.05, 3.63) is 95.6 Å². The van der Waals surface area contributed by atoms with Crippen molar-refractivity contribution in [3.8, 4) is 11.5 Å². The lowest BCUT2D eigenvalue weighted by Gasteiger charge is -2.35. The normalized spacial score (nSPS) is 17.4. The molecule has 196 valence electrons. The molecule has 0 aromatic heterocycles. The fraction of sp³-hybridized carbons (Fsp3) is 0.387. The maximum absolute atomic E-state index is 13.4. The molecule has 0 saturated carbocycles. The molecule has 6 heteroatoms. The Balaban J connectivity index is 1.57. The molecule has 1 fully saturated rings. The molecule has 37 heavy (non-hydrogen) atoms. The van der Waals surface area contributed by atoms with Gasteiger partial charge in [-0.1, -0.05) is 60.7 Å². The summed E-state index contributed by atoms with van der Waals surface area (Å²) in [5.41, 5.74) is 2.46. The van der Waals surface area contributed by atoms with Crippen molar-refractivity contribution < 1.29 is 23.7 Å². The van der Waals surface area contributed by atoms with Crippen LogP contribution in [0.2, 0.25) is 0 Å². The molecule has 3 aromatic rings. The van der Waals surface area contributed by atoms with Gasteiger partial charge in [0.1, 0.15) is 23.1 Å². The lowest BCUT2D eigenvalue weighted by Crippen LogP contribution is -2.36. The van der Waals surface area contributed by atoms with E-state index in [4.69, 9.17) is 18.9 Å². The highest BCUT2D eigenvalue weighted by atomic mass is 16.6. The topological polar surface area (TPSA) is 57.2 Å². The third-order valence-electron chi connectivity index (χ3n) is 6.88. The second-order valence-electron chi connectivity index (χ2n) is 9.85. The minimum atomic E-state index is -0.685. The van der Waals surface area contributed by atoms with Crippen LogP contribution in [0.1, 0.15) is 61.9 Å². The van der Waals surface area contributed by atoms with Gasteiger partial charge in [0.25, 0.3) is 0 Å². The van der Waals surface area contributed by atoms with Crippen LogP contribution in [0.4, 0.5) is 4.79 Å². The van der Waals surface area contributed by atoms with Crippen molar-refractivity contribution in [2.24, 2.45) is 0 Å². The van der Waals surface area contributed by atoms with Crippen LogP contribution < -0.4 is 9.47 Å². The molecular weight excluding hydrogens is 466 g/mol. The van der Waals surface area contributed by atoms with Gasteiger partial charge in [-0.25, -0.2) is 4.79 Å². The van der Waals surface area contributed by atoms with E-state index in [-0.39, 0.29) is 18.2 Å². The number of carbonyl (C=O) groups excluding carboxylic acids is 1. The van der Waals surface area contributed by atoms with Crippen molar-refractivity contribution in [1.29, 1.82) is 0 Å². The highest BCUT2D eigenvalue weighted by Gasteiger charge is 2.51. The van der Waals surface area contributed by atoms with Crippen LogP contribution in [0.15, 0.2) is 78.9 Å². The molecule has 2 atom stereocenters. The van der Waals surface area contributed by atoms with Crippen LogP contribution in [0.5, 0.6) is 11.5 Å². The van der Waals surface area contributed by atoms with Crippen LogP contribution in [-0.4, -0.2) is 37.4 Å². The van der Waals surface area contributed by atoms with Gasteiger partial charge in [0.2, 0.25) is 0 Å². The first kappa shape index (κ1) is 26.6. The van der Waals surface area contributed by atoms with Crippen molar-refractivity contribution >= 4 is 6.09 Å². The average molecular weight is 504 g/mol. The quantitative estimate of drug-likeness (QED) is 0.247. The first-order chi connectivity index (χ1) is 17.9. The molecule has 1 aliphatic rings. The summed E-state index contributed by atoms with van der Waals surface area (Å²) < 4.78 is 23.0. The number of carbonyl (C=O) groups is 1. The van der Waals surface area contributed by atoms with Gasteiger partial charge < -0.3 is 18.9 Å². The third kappa shape index (κ3) is 6.25. The van der Waals surface area contributed by atoms with Gasteiger partial charge in [-0.2, -0.15) is 0 Å². The Morgan fingerprint density at radius 1 is 0.919 bits per heavy atom. The van der Waals surface area contributed by atoms with E-state index in [9.17, 15) is 4.79 Å². The molecule has 1 saturated heterocycles. The fourth-order valence-electron chi connectivity index (χ4n) is 5.12. The van der Waals surface area contributed by atoms with Gasteiger partial charge in [-0.05, 0) is 56.4 Å². The van der Waals surface area contributed by atoms with E-state index in [1.165, 1.54) is 0 Å². The highest BCUT2D eigenvalue weighted by Crippen LogP contribution is 2.48. The predicted molar refractivity (Wildman–Crippen MR) is 144 cm³/mol. The minimum Gasteiger partial charge on any atom is -0.497 e. The number of rotatable bonds is 12. The molecule has 0 bridgehead atoms. The number of nitrogens with zero attached hydrogens (tertiary/aromatic N) is 1. The molecule has 1 heterocycles. The standard InChI is InChI=1S/C31H37NO5/c1-31(2)29(24-15-9-6-10-16-24)32(30(33)37-31)27(26-19-18-25(34-3)21-28(26)35-4)17-11-12-20-36-22-23-13-7-5-8-14-23/h5-10,13-16,18-19,21,27,29H,11-12,17,20,22H2,1-4H3/t27-,29+/m0/s1. The van der Waals surface area contributed by atoms with E-state index >= 15 is 0 Å². The second-order valence-corrected chi connectivity index (χ2v) is 9.85. The Hall–Kier alpha value is -3.51. The number of methoxy groups -OCH3 is 2. The Kier molecular flexibility index (Phi) is 8.72. The van der Waals surface area contributed by atoms with E-state index in [1.54, 1.807) is 14.2 Å². The smallest absolute Gasteiger partial charge is 0.411 e. The number of hydrogen-bond donors (Lipinski definition) is 0. The zero-order valence-corrected chi connectivity index (χ0v) is 22.2. The number of ether oxygens (including phenoxy) is 4. The third-order valence-corrected chi connectivity index (χ3v) is 6.88. The summed E-state index contributed by atoms with van der Waals surface area (Å²) in [4.78, 5) is 15.3. The number of cyclic esters (lactones) is 1. The highest BCUT2D eigenvalue weighted by molar-refractivity contribution is 5.73. The van der Waals surface area contributed by atoms with E-state index in [2.05, 4.69) is 24.3 Å². The first-order valence-corrected chi connectivity index (χ1v) is 12.8. The first-order valence-electron chi connectivity index (χ1n) is 12.8. The summed E-state index contributed by atoms with van der Waals surface area (Å²) in [6.07, 6.45) is 2.18. The fourth-order valence-corrected chi connectivity index (χ4v) is 5.12. The average Bonchev–Trinajstić information content (AvgIpc) is 3.16. The lowest BCUT2D eigenvalue weighted by atomic mass is 9.88. The molecule has 0 N–H and O–H groups in total. The molecule has 6 nitrogen and oxygen atoms in total. The zero-order valence-electron chi connectivity index (χ0n) is 22.2. The molecule has 0 aliphatic carbocycles. The Labute approximate surface area is 220 Å². The molecule has 3 aromatic carbocycles. The van der Waals surface area contributed by atoms with Gasteiger partial charge in [0.15, 0.2) is 0 Å². The Morgan fingerprint density at radius 2 is 1.62 bits per heavy atom. The molecule has 0 radical (unpaired) electrons. The van der Waals surface area contributed by atoms with E-state index in [0.717, 1.165) is 36.0 Å². The predicted octanol–water partition coefficient (Wildman–Crippen LogP) is 7.10. The Bertz CT molecular complexity index is 1150. The van der Waals surface area contributed by atoms with Crippen molar-refractivity contribution in [3.63, 3.8) is 0 Å². The summed E-state index contributed by atoms with van der Waals surface area (Å²) in [5, 5.41) is 0. The maximum Gasteiger partial charge on any atom is 0.411 e. The molecule has 4 rings (SSSR count). The van der Waals surface area contributed by atoms with E-state index in [0.29, 0.717) is 24.7 Å². The lowest BCUT2D eigenvalue weighted by molar-refractivity contribution is 0.0667. The molecule has 1 aliphatic heterocycles. The summed E-state index contributed by atoms with van der Waals surface area (Å²) in [5.74, 6) is 1.39.